The third kappa shape index (κ3) is 4.88. The van der Waals surface area contributed by atoms with Crippen molar-refractivity contribution in [1.29, 1.82) is 0 Å². The van der Waals surface area contributed by atoms with Crippen LogP contribution in [0.5, 0.6) is 11.5 Å². The summed E-state index contributed by atoms with van der Waals surface area (Å²) in [6.45, 7) is 4.00. The Labute approximate surface area is 163 Å². The van der Waals surface area contributed by atoms with Gasteiger partial charge in [-0.2, -0.15) is 4.98 Å². The zero-order valence-corrected chi connectivity index (χ0v) is 16.1. The number of methoxy groups -OCH3 is 1. The van der Waals surface area contributed by atoms with E-state index >= 15 is 0 Å². The minimum atomic E-state index is -0.595. The van der Waals surface area contributed by atoms with E-state index in [4.69, 9.17) is 14.0 Å². The van der Waals surface area contributed by atoms with Crippen molar-refractivity contribution in [2.45, 2.75) is 32.9 Å². The van der Waals surface area contributed by atoms with E-state index in [0.717, 1.165) is 11.1 Å². The number of hydrogen-bond acceptors (Lipinski definition) is 6. The highest BCUT2D eigenvalue weighted by Crippen LogP contribution is 2.21. The van der Waals surface area contributed by atoms with Crippen molar-refractivity contribution in [3.8, 4) is 22.9 Å². The maximum Gasteiger partial charge on any atom is 0.261 e. The van der Waals surface area contributed by atoms with Crippen LogP contribution in [-0.2, 0) is 11.3 Å². The molecule has 0 saturated heterocycles. The first-order valence-electron chi connectivity index (χ1n) is 9.07. The number of nitrogens with zero attached hydrogens (tertiary/aromatic N) is 2. The van der Waals surface area contributed by atoms with Crippen LogP contribution in [-0.4, -0.2) is 29.3 Å². The van der Waals surface area contributed by atoms with E-state index in [0.29, 0.717) is 29.6 Å². The monoisotopic (exact) mass is 381 g/mol. The van der Waals surface area contributed by atoms with Crippen LogP contribution in [0.15, 0.2) is 53.1 Å². The van der Waals surface area contributed by atoms with Crippen molar-refractivity contribution >= 4 is 5.91 Å². The SMILES string of the molecule is CC[C@H](Oc1cccc(C)c1)C(=O)NCc1nc(-c2cccc(OC)c2)no1. The highest BCUT2D eigenvalue weighted by atomic mass is 16.5. The van der Waals surface area contributed by atoms with E-state index < -0.39 is 6.10 Å². The molecule has 7 nitrogen and oxygen atoms in total. The lowest BCUT2D eigenvalue weighted by atomic mass is 10.2. The smallest absolute Gasteiger partial charge is 0.261 e. The van der Waals surface area contributed by atoms with Gasteiger partial charge < -0.3 is 19.3 Å². The van der Waals surface area contributed by atoms with E-state index in [9.17, 15) is 4.79 Å². The Hall–Kier alpha value is -3.35. The first kappa shape index (κ1) is 19.4. The quantitative estimate of drug-likeness (QED) is 0.642. The zero-order chi connectivity index (χ0) is 19.9. The number of amides is 1. The molecular formula is C21H23N3O4. The van der Waals surface area contributed by atoms with Crippen LogP contribution in [0, 0.1) is 6.92 Å². The summed E-state index contributed by atoms with van der Waals surface area (Å²) in [5, 5.41) is 6.75. The van der Waals surface area contributed by atoms with Gasteiger partial charge in [-0.3, -0.25) is 4.79 Å². The normalized spacial score (nSPS) is 11.7. The number of hydrogen-bond donors (Lipinski definition) is 1. The van der Waals surface area contributed by atoms with Crippen LogP contribution in [0.2, 0.25) is 0 Å². The van der Waals surface area contributed by atoms with Gasteiger partial charge in [0, 0.05) is 5.56 Å². The highest BCUT2D eigenvalue weighted by molar-refractivity contribution is 5.81. The van der Waals surface area contributed by atoms with Crippen molar-refractivity contribution in [3.05, 3.63) is 60.0 Å². The van der Waals surface area contributed by atoms with Gasteiger partial charge in [0.1, 0.15) is 11.5 Å². The molecule has 0 bridgehead atoms. The van der Waals surface area contributed by atoms with E-state index in [1.807, 2.05) is 62.4 Å². The molecule has 0 unspecified atom stereocenters. The molecule has 0 spiro atoms. The highest BCUT2D eigenvalue weighted by Gasteiger charge is 2.19. The lowest BCUT2D eigenvalue weighted by molar-refractivity contribution is -0.128. The van der Waals surface area contributed by atoms with E-state index in [-0.39, 0.29) is 12.5 Å². The number of carbonyl (C=O) groups excluding carboxylic acids is 1. The predicted molar refractivity (Wildman–Crippen MR) is 104 cm³/mol. The summed E-state index contributed by atoms with van der Waals surface area (Å²) in [6, 6.07) is 15.0. The van der Waals surface area contributed by atoms with E-state index in [1.165, 1.54) is 0 Å². The molecule has 28 heavy (non-hydrogen) atoms. The average molecular weight is 381 g/mol. The maximum absolute atomic E-state index is 12.5. The largest absolute Gasteiger partial charge is 0.497 e. The minimum Gasteiger partial charge on any atom is -0.497 e. The zero-order valence-electron chi connectivity index (χ0n) is 16.1. The summed E-state index contributed by atoms with van der Waals surface area (Å²) >= 11 is 0. The van der Waals surface area contributed by atoms with Gasteiger partial charge in [-0.05, 0) is 43.2 Å². The predicted octanol–water partition coefficient (Wildman–Crippen LogP) is 3.53. The van der Waals surface area contributed by atoms with Gasteiger partial charge >= 0.3 is 0 Å². The molecule has 1 atom stereocenters. The second kappa shape index (κ2) is 9.03. The molecule has 0 saturated carbocycles. The molecule has 3 aromatic rings. The van der Waals surface area contributed by atoms with E-state index in [2.05, 4.69) is 15.5 Å². The number of rotatable bonds is 8. The van der Waals surface area contributed by atoms with Crippen LogP contribution in [0.3, 0.4) is 0 Å². The molecule has 0 radical (unpaired) electrons. The minimum absolute atomic E-state index is 0.128. The third-order valence-corrected chi connectivity index (χ3v) is 4.14. The van der Waals surface area contributed by atoms with Crippen LogP contribution < -0.4 is 14.8 Å². The molecule has 7 heteroatoms. The molecule has 1 heterocycles. The molecule has 0 aliphatic heterocycles. The third-order valence-electron chi connectivity index (χ3n) is 4.14. The standard InChI is InChI=1S/C21H23N3O4/c1-4-18(27-17-10-5-7-14(2)11-17)21(25)22-13-19-23-20(24-28-19)15-8-6-9-16(12-15)26-3/h5-12,18H,4,13H2,1-3H3,(H,22,25)/t18-/m0/s1. The number of benzene rings is 2. The van der Waals surface area contributed by atoms with Gasteiger partial charge in [0.2, 0.25) is 11.7 Å². The Balaban J connectivity index is 1.60. The van der Waals surface area contributed by atoms with Crippen molar-refractivity contribution in [2.24, 2.45) is 0 Å². The van der Waals surface area contributed by atoms with Crippen molar-refractivity contribution in [3.63, 3.8) is 0 Å². The lowest BCUT2D eigenvalue weighted by Crippen LogP contribution is -2.37. The van der Waals surface area contributed by atoms with Crippen molar-refractivity contribution < 1.29 is 18.8 Å². The summed E-state index contributed by atoms with van der Waals surface area (Å²) < 4.78 is 16.2. The van der Waals surface area contributed by atoms with E-state index in [1.54, 1.807) is 7.11 Å². The Kier molecular flexibility index (Phi) is 6.26. The Morgan fingerprint density at radius 1 is 1.18 bits per heavy atom. The summed E-state index contributed by atoms with van der Waals surface area (Å²) in [7, 11) is 1.60. The lowest BCUT2D eigenvalue weighted by Gasteiger charge is -2.17. The van der Waals surface area contributed by atoms with Crippen LogP contribution in [0.4, 0.5) is 0 Å². The molecule has 0 aliphatic carbocycles. The Morgan fingerprint density at radius 3 is 2.71 bits per heavy atom. The average Bonchev–Trinajstić information content (AvgIpc) is 3.19. The second-order valence-corrected chi connectivity index (χ2v) is 6.29. The molecule has 146 valence electrons. The number of aromatic nitrogens is 2. The fourth-order valence-electron chi connectivity index (χ4n) is 2.66. The number of ether oxygens (including phenoxy) is 2. The Morgan fingerprint density at radius 2 is 1.96 bits per heavy atom. The van der Waals surface area contributed by atoms with Gasteiger partial charge in [0.25, 0.3) is 5.91 Å². The Bertz CT molecular complexity index is 939. The number of carbonyl (C=O) groups is 1. The molecule has 1 amide bonds. The molecule has 0 fully saturated rings. The van der Waals surface area contributed by atoms with Crippen LogP contribution >= 0.6 is 0 Å². The topological polar surface area (TPSA) is 86.5 Å². The number of aryl methyl sites for hydroxylation is 1. The molecule has 1 N–H and O–H groups in total. The molecular weight excluding hydrogens is 358 g/mol. The van der Waals surface area contributed by atoms with Gasteiger partial charge in [-0.1, -0.05) is 36.3 Å². The first-order chi connectivity index (χ1) is 13.6. The maximum atomic E-state index is 12.5. The van der Waals surface area contributed by atoms with Crippen molar-refractivity contribution in [2.75, 3.05) is 7.11 Å². The second-order valence-electron chi connectivity index (χ2n) is 6.29. The fraction of sp³-hybridized carbons (Fsp3) is 0.286. The van der Waals surface area contributed by atoms with Gasteiger partial charge in [-0.15, -0.1) is 0 Å². The molecule has 2 aromatic carbocycles. The summed E-state index contributed by atoms with van der Waals surface area (Å²) in [5.41, 5.74) is 1.85. The fourth-order valence-corrected chi connectivity index (χ4v) is 2.66. The summed E-state index contributed by atoms with van der Waals surface area (Å²) in [5.74, 6) is 1.89. The van der Waals surface area contributed by atoms with Gasteiger partial charge in [0.15, 0.2) is 6.10 Å². The summed E-state index contributed by atoms with van der Waals surface area (Å²) in [4.78, 5) is 16.8. The first-order valence-corrected chi connectivity index (χ1v) is 9.07. The van der Waals surface area contributed by atoms with Gasteiger partial charge in [-0.25, -0.2) is 0 Å². The van der Waals surface area contributed by atoms with Gasteiger partial charge in [0.05, 0.1) is 13.7 Å². The number of nitrogens with one attached hydrogen (secondary N) is 1. The van der Waals surface area contributed by atoms with Crippen LogP contribution in [0.25, 0.3) is 11.4 Å². The van der Waals surface area contributed by atoms with Crippen molar-refractivity contribution in [1.82, 2.24) is 15.5 Å². The van der Waals surface area contributed by atoms with Crippen LogP contribution in [0.1, 0.15) is 24.8 Å². The molecule has 0 aliphatic rings. The molecule has 3 rings (SSSR count). The summed E-state index contributed by atoms with van der Waals surface area (Å²) in [6.07, 6.45) is -0.0545. The molecule has 1 aromatic heterocycles.